The molecule has 236 valence electrons. The summed E-state index contributed by atoms with van der Waals surface area (Å²) in [5, 5.41) is 0. The number of hydrogen-bond acceptors (Lipinski definition) is 8. The van der Waals surface area contributed by atoms with Gasteiger partial charge in [-0.3, -0.25) is 14.6 Å². The molecule has 1 N–H and O–H groups in total. The van der Waals surface area contributed by atoms with Gasteiger partial charge in [0, 0.05) is 44.4 Å². The molecule has 5 rings (SSSR count). The normalized spacial score (nSPS) is 19.2. The molecule has 0 aromatic heterocycles. The van der Waals surface area contributed by atoms with Crippen LogP contribution in [-0.2, 0) is 30.4 Å². The van der Waals surface area contributed by atoms with Crippen LogP contribution >= 0.6 is 0 Å². The van der Waals surface area contributed by atoms with Crippen LogP contribution in [0.1, 0.15) is 18.4 Å². The van der Waals surface area contributed by atoms with Crippen molar-refractivity contribution in [1.29, 1.82) is 0 Å². The third kappa shape index (κ3) is 7.42. The van der Waals surface area contributed by atoms with Crippen LogP contribution < -0.4 is 9.46 Å². The fraction of sp³-hybridized carbons (Fsp3) is 0.367. The maximum Gasteiger partial charge on any atom is 0.417 e. The highest BCUT2D eigenvalue weighted by Gasteiger charge is 2.37. The first-order chi connectivity index (χ1) is 21.0. The monoisotopic (exact) mass is 637 g/mol. The van der Waals surface area contributed by atoms with Gasteiger partial charge in [0.25, 0.3) is 10.0 Å². The predicted molar refractivity (Wildman–Crippen MR) is 154 cm³/mol. The van der Waals surface area contributed by atoms with E-state index in [1.807, 2.05) is 4.72 Å². The summed E-state index contributed by atoms with van der Waals surface area (Å²) in [5.74, 6) is -0.00997. The van der Waals surface area contributed by atoms with Gasteiger partial charge in [-0.05, 0) is 36.8 Å². The molecule has 14 heteroatoms. The summed E-state index contributed by atoms with van der Waals surface area (Å²) >= 11 is 0. The van der Waals surface area contributed by atoms with E-state index >= 15 is 4.39 Å². The van der Waals surface area contributed by atoms with E-state index in [1.165, 1.54) is 31.5 Å². The molecule has 1 aliphatic carbocycles. The van der Waals surface area contributed by atoms with Gasteiger partial charge in [0.15, 0.2) is 17.3 Å². The summed E-state index contributed by atoms with van der Waals surface area (Å²) in [7, 11) is -3.14. The van der Waals surface area contributed by atoms with Crippen LogP contribution in [-0.4, -0.2) is 66.1 Å². The van der Waals surface area contributed by atoms with Crippen molar-refractivity contribution in [3.8, 4) is 5.75 Å². The number of allylic oxidation sites excluding steroid dienone is 3. The molecule has 1 unspecified atom stereocenters. The van der Waals surface area contributed by atoms with Crippen molar-refractivity contribution in [2.45, 2.75) is 23.9 Å². The quantitative estimate of drug-likeness (QED) is 0.257. The van der Waals surface area contributed by atoms with Crippen LogP contribution in [0.2, 0.25) is 0 Å². The van der Waals surface area contributed by atoms with Crippen molar-refractivity contribution < 1.29 is 44.9 Å². The van der Waals surface area contributed by atoms with E-state index in [0.29, 0.717) is 42.1 Å². The van der Waals surface area contributed by atoms with Crippen LogP contribution in [0.5, 0.6) is 5.75 Å². The van der Waals surface area contributed by atoms with Gasteiger partial charge >= 0.3 is 6.18 Å². The first-order valence-electron chi connectivity index (χ1n) is 13.9. The van der Waals surface area contributed by atoms with Gasteiger partial charge < -0.3 is 18.9 Å². The number of nitrogens with zero attached hydrogens (tertiary/aromatic N) is 2. The van der Waals surface area contributed by atoms with E-state index in [2.05, 4.69) is 9.89 Å². The average Bonchev–Trinajstić information content (AvgIpc) is 3.00. The Hall–Kier alpha value is -3.88. The van der Waals surface area contributed by atoms with Gasteiger partial charge in [-0.25, -0.2) is 12.8 Å². The zero-order valence-corrected chi connectivity index (χ0v) is 24.6. The Bertz CT molecular complexity index is 1600. The number of fused-ring (bicyclic) bond motifs is 1. The predicted octanol–water partition coefficient (Wildman–Crippen LogP) is 5.49. The fourth-order valence-corrected chi connectivity index (χ4v) is 6.30. The number of morpholine rings is 1. The molecule has 44 heavy (non-hydrogen) atoms. The molecule has 0 bridgehead atoms. The van der Waals surface area contributed by atoms with E-state index in [9.17, 15) is 21.6 Å². The number of hydrogen-bond donors (Lipinski definition) is 1. The lowest BCUT2D eigenvalue weighted by Crippen LogP contribution is -2.37. The number of aliphatic imine (C=N–C) groups is 1. The summed E-state index contributed by atoms with van der Waals surface area (Å²) in [6, 6.07) is 6.97. The molecule has 1 atom stereocenters. The molecule has 0 amide bonds. The van der Waals surface area contributed by atoms with E-state index in [4.69, 9.17) is 18.9 Å². The Balaban J connectivity index is 1.24. The van der Waals surface area contributed by atoms with Gasteiger partial charge in [-0.2, -0.15) is 13.2 Å². The van der Waals surface area contributed by atoms with Crippen molar-refractivity contribution in [3.63, 3.8) is 0 Å². The van der Waals surface area contributed by atoms with E-state index in [0.717, 1.165) is 57.5 Å². The molecule has 2 aromatic rings. The molecule has 1 fully saturated rings. The van der Waals surface area contributed by atoms with E-state index in [1.54, 1.807) is 12.2 Å². The number of benzene rings is 2. The zero-order chi connectivity index (χ0) is 31.3. The van der Waals surface area contributed by atoms with Gasteiger partial charge in [0.05, 0.1) is 54.7 Å². The number of halogens is 4. The summed E-state index contributed by atoms with van der Waals surface area (Å²) in [6.45, 7) is 4.64. The lowest BCUT2D eigenvalue weighted by Gasteiger charge is -2.29. The molecular weight excluding hydrogens is 606 g/mol. The molecule has 2 heterocycles. The molecular formula is C30H31F4N3O6S. The molecule has 0 spiro atoms. The lowest BCUT2D eigenvalue weighted by molar-refractivity contribution is -0.139. The Kier molecular flexibility index (Phi) is 9.61. The summed E-state index contributed by atoms with van der Waals surface area (Å²) in [4.78, 5) is 5.78. The van der Waals surface area contributed by atoms with Gasteiger partial charge in [0.2, 0.25) is 0 Å². The second-order valence-electron chi connectivity index (χ2n) is 10.2. The second-order valence-corrected chi connectivity index (χ2v) is 11.8. The maximum absolute atomic E-state index is 15.1. The smallest absolute Gasteiger partial charge is 0.417 e. The molecule has 2 aromatic carbocycles. The first kappa shape index (κ1) is 31.5. The van der Waals surface area contributed by atoms with Crippen LogP contribution in [0.25, 0.3) is 0 Å². The minimum Gasteiger partial charge on any atom is -0.497 e. The average molecular weight is 638 g/mol. The summed E-state index contributed by atoms with van der Waals surface area (Å²) in [5.41, 5.74) is -0.968. The van der Waals surface area contributed by atoms with E-state index in [-0.39, 0.29) is 11.4 Å². The Morgan fingerprint density at radius 2 is 1.91 bits per heavy atom. The van der Waals surface area contributed by atoms with Crippen LogP contribution in [0, 0.1) is 11.7 Å². The highest BCUT2D eigenvalue weighted by Crippen LogP contribution is 2.39. The third-order valence-electron chi connectivity index (χ3n) is 7.23. The van der Waals surface area contributed by atoms with Gasteiger partial charge in [-0.1, -0.05) is 12.1 Å². The minimum absolute atomic E-state index is 0.211. The number of sulfonamides is 1. The van der Waals surface area contributed by atoms with Crippen molar-refractivity contribution in [2.75, 3.05) is 51.3 Å². The number of nitrogens with one attached hydrogen (secondary N) is 1. The second kappa shape index (κ2) is 13.4. The highest BCUT2D eigenvalue weighted by molar-refractivity contribution is 7.92. The lowest BCUT2D eigenvalue weighted by atomic mass is 9.91. The van der Waals surface area contributed by atoms with Crippen molar-refractivity contribution in [2.24, 2.45) is 10.9 Å². The molecule has 1 saturated heterocycles. The van der Waals surface area contributed by atoms with Crippen molar-refractivity contribution in [1.82, 2.24) is 4.90 Å². The molecule has 0 saturated carbocycles. The van der Waals surface area contributed by atoms with Crippen LogP contribution in [0.15, 0.2) is 87.5 Å². The number of methoxy groups -OCH3 is 1. The zero-order valence-electron chi connectivity index (χ0n) is 23.8. The summed E-state index contributed by atoms with van der Waals surface area (Å²) < 4.78 is 106. The number of alkyl halides is 3. The fourth-order valence-electron chi connectivity index (χ4n) is 5.02. The third-order valence-corrected chi connectivity index (χ3v) is 8.67. The van der Waals surface area contributed by atoms with E-state index < -0.39 is 38.4 Å². The Labute approximate surface area is 252 Å². The molecule has 2 aliphatic heterocycles. The topological polar surface area (TPSA) is 98.7 Å². The molecule has 3 aliphatic rings. The molecule has 9 nitrogen and oxygen atoms in total. The van der Waals surface area contributed by atoms with Crippen molar-refractivity contribution in [3.05, 3.63) is 89.0 Å². The number of anilines is 1. The number of ether oxygens (including phenoxy) is 4. The standard InChI is InChI=1S/C30H31F4N3O6S/c1-40-27-18-21-24(19-28(27)42-14-4-11-37-12-15-41-16-13-37)35-10-9-25(21)43-26-8-7-20(17-23(26)31)36-44(38,39)29-6-3-2-5-22(29)30(32,33)34/h2-3,5-10,17,19,21,36H,4,11-16,18H2,1H3. The van der Waals surface area contributed by atoms with Crippen LogP contribution in [0.4, 0.5) is 23.2 Å². The van der Waals surface area contributed by atoms with Gasteiger partial charge in [0.1, 0.15) is 11.5 Å². The number of dihydropyridines is 1. The summed E-state index contributed by atoms with van der Waals surface area (Å²) in [6.07, 6.45) is 1.15. The minimum atomic E-state index is -4.90. The highest BCUT2D eigenvalue weighted by atomic mass is 32.2. The largest absolute Gasteiger partial charge is 0.497 e. The number of rotatable bonds is 11. The van der Waals surface area contributed by atoms with Gasteiger partial charge in [-0.15, -0.1) is 0 Å². The molecule has 0 radical (unpaired) electrons. The van der Waals surface area contributed by atoms with Crippen LogP contribution in [0.3, 0.4) is 0 Å². The Morgan fingerprint density at radius 1 is 1.14 bits per heavy atom. The SMILES string of the molecule is COC1=C(OCCCN2CCOCC2)C=C2N=CC=C(Oc3ccc(NS(=O)(=O)c4ccccc4C(F)(F)F)cc3F)C2C1. The van der Waals surface area contributed by atoms with Crippen molar-refractivity contribution >= 4 is 21.9 Å². The Morgan fingerprint density at radius 3 is 2.64 bits per heavy atom. The first-order valence-corrected chi connectivity index (χ1v) is 15.4. The maximum atomic E-state index is 15.1.